The van der Waals surface area contributed by atoms with Crippen LogP contribution >= 0.6 is 11.8 Å². The van der Waals surface area contributed by atoms with E-state index in [-0.39, 0.29) is 10.7 Å². The molecular weight excluding hydrogens is 392 g/mol. The summed E-state index contributed by atoms with van der Waals surface area (Å²) >= 11 is 2.02. The van der Waals surface area contributed by atoms with Crippen molar-refractivity contribution in [2.45, 2.75) is 10.7 Å². The van der Waals surface area contributed by atoms with E-state index in [4.69, 9.17) is 0 Å². The highest BCUT2D eigenvalue weighted by Gasteiger charge is 2.55. The largest absolute Gasteiger partial charge is 0.104 e. The third kappa shape index (κ3) is 2.22. The predicted octanol–water partition coefficient (Wildman–Crippen LogP) is 7.63. The molecule has 0 saturated heterocycles. The van der Waals surface area contributed by atoms with Crippen LogP contribution in [0.5, 0.6) is 0 Å². The third-order valence-electron chi connectivity index (χ3n) is 6.94. The quantitative estimate of drug-likeness (QED) is 0.326. The lowest BCUT2D eigenvalue weighted by Crippen LogP contribution is -2.37. The number of hydrogen-bond donors (Lipinski definition) is 0. The van der Waals surface area contributed by atoms with Crippen LogP contribution in [0.15, 0.2) is 121 Å². The molecule has 0 fully saturated rings. The van der Waals surface area contributed by atoms with Gasteiger partial charge in [-0.15, -0.1) is 11.8 Å². The van der Waals surface area contributed by atoms with Crippen molar-refractivity contribution in [2.75, 3.05) is 0 Å². The van der Waals surface area contributed by atoms with Crippen molar-refractivity contribution in [3.63, 3.8) is 0 Å². The van der Waals surface area contributed by atoms with Crippen LogP contribution in [0.4, 0.5) is 0 Å². The van der Waals surface area contributed by atoms with Gasteiger partial charge in [-0.05, 0) is 50.6 Å². The van der Waals surface area contributed by atoms with Gasteiger partial charge in [0.1, 0.15) is 0 Å². The minimum Gasteiger partial charge on any atom is -0.104 e. The summed E-state index contributed by atoms with van der Waals surface area (Å²) in [6, 6.07) is 40.1. The first-order chi connectivity index (χ1) is 15.4. The molecule has 1 heterocycles. The lowest BCUT2D eigenvalue weighted by Gasteiger charge is -2.49. The van der Waals surface area contributed by atoms with Gasteiger partial charge < -0.3 is 0 Å². The molecule has 0 atom stereocenters. The molecule has 0 unspecified atom stereocenters. The van der Waals surface area contributed by atoms with Gasteiger partial charge in [0.25, 0.3) is 0 Å². The van der Waals surface area contributed by atoms with Crippen molar-refractivity contribution >= 4 is 22.2 Å². The molecule has 0 amide bonds. The fourth-order valence-corrected chi connectivity index (χ4v) is 7.38. The molecule has 2 bridgehead atoms. The molecule has 4 aromatic rings. The Bertz CT molecular complexity index is 1350. The monoisotopic (exact) mass is 412 g/mol. The second-order valence-corrected chi connectivity index (χ2v) is 9.72. The molecular formula is C30H20S. The van der Waals surface area contributed by atoms with Crippen molar-refractivity contribution in [3.05, 3.63) is 154 Å². The first kappa shape index (κ1) is 17.4. The highest BCUT2D eigenvalue weighted by Crippen LogP contribution is 2.70. The van der Waals surface area contributed by atoms with Crippen LogP contribution in [0.1, 0.15) is 39.3 Å². The topological polar surface area (TPSA) is 0 Å². The summed E-state index contributed by atoms with van der Waals surface area (Å²) < 4.78 is -0.182. The molecule has 8 rings (SSSR count). The molecule has 3 aliphatic carbocycles. The zero-order valence-electron chi connectivity index (χ0n) is 17.0. The number of hydrogen-bond acceptors (Lipinski definition) is 1. The number of benzene rings is 4. The van der Waals surface area contributed by atoms with Gasteiger partial charge in [-0.25, -0.2) is 0 Å². The maximum absolute atomic E-state index is 2.47. The molecule has 1 aliphatic heterocycles. The molecule has 1 spiro atoms. The SMILES string of the molecule is C1=C(c2ccccc2)SC23C1=C(c1ccccc1)C(c1ccccc12)c1ccccc13. The first-order valence-electron chi connectivity index (χ1n) is 10.8. The van der Waals surface area contributed by atoms with Gasteiger partial charge in [0.15, 0.2) is 0 Å². The van der Waals surface area contributed by atoms with Crippen LogP contribution in [-0.2, 0) is 4.75 Å². The highest BCUT2D eigenvalue weighted by atomic mass is 32.2. The third-order valence-corrected chi connectivity index (χ3v) is 8.48. The minimum atomic E-state index is -0.182. The van der Waals surface area contributed by atoms with E-state index < -0.39 is 0 Å². The Hall–Kier alpha value is -3.29. The summed E-state index contributed by atoms with van der Waals surface area (Å²) in [6.07, 6.45) is 2.47. The van der Waals surface area contributed by atoms with E-state index in [0.29, 0.717) is 0 Å². The van der Waals surface area contributed by atoms with E-state index in [1.54, 1.807) is 0 Å². The summed E-state index contributed by atoms with van der Waals surface area (Å²) in [6.45, 7) is 0. The fraction of sp³-hybridized carbons (Fsp3) is 0.0667. The van der Waals surface area contributed by atoms with Crippen molar-refractivity contribution in [2.24, 2.45) is 0 Å². The van der Waals surface area contributed by atoms with Gasteiger partial charge in [0.2, 0.25) is 0 Å². The lowest BCUT2D eigenvalue weighted by molar-refractivity contribution is 0.761. The van der Waals surface area contributed by atoms with Crippen LogP contribution in [0.25, 0.3) is 10.5 Å². The van der Waals surface area contributed by atoms with E-state index in [2.05, 4.69) is 115 Å². The molecule has 1 heteroatoms. The average Bonchev–Trinajstić information content (AvgIpc) is 3.27. The molecule has 31 heavy (non-hydrogen) atoms. The zero-order chi connectivity index (χ0) is 20.4. The van der Waals surface area contributed by atoms with E-state index in [0.717, 1.165) is 0 Å². The van der Waals surface area contributed by atoms with E-state index >= 15 is 0 Å². The molecule has 146 valence electrons. The van der Waals surface area contributed by atoms with Crippen LogP contribution in [0.2, 0.25) is 0 Å². The summed E-state index contributed by atoms with van der Waals surface area (Å²) in [7, 11) is 0. The maximum atomic E-state index is 2.47. The van der Waals surface area contributed by atoms with Gasteiger partial charge in [-0.1, -0.05) is 109 Å². The Labute approximate surface area is 187 Å². The van der Waals surface area contributed by atoms with E-state index in [9.17, 15) is 0 Å². The number of allylic oxidation sites excluding steroid dienone is 2. The minimum absolute atomic E-state index is 0.182. The lowest BCUT2D eigenvalue weighted by atomic mass is 9.59. The van der Waals surface area contributed by atoms with Crippen molar-refractivity contribution in [1.82, 2.24) is 0 Å². The highest BCUT2D eigenvalue weighted by molar-refractivity contribution is 8.10. The molecule has 0 aromatic heterocycles. The van der Waals surface area contributed by atoms with Crippen molar-refractivity contribution in [3.8, 4) is 0 Å². The van der Waals surface area contributed by atoms with Crippen LogP contribution in [0.3, 0.4) is 0 Å². The zero-order valence-corrected chi connectivity index (χ0v) is 17.8. The normalized spacial score (nSPS) is 22.6. The maximum Gasteiger partial charge on any atom is 0.0963 e. The smallest absolute Gasteiger partial charge is 0.0963 e. The van der Waals surface area contributed by atoms with E-state index in [1.807, 2.05) is 11.8 Å². The average molecular weight is 413 g/mol. The Morgan fingerprint density at radius 3 is 1.68 bits per heavy atom. The van der Waals surface area contributed by atoms with Crippen LogP contribution in [-0.4, -0.2) is 0 Å². The predicted molar refractivity (Wildman–Crippen MR) is 131 cm³/mol. The Balaban J connectivity index is 1.61. The standard InChI is InChI=1S/C30H20S/c1-3-11-20(12-4-1)27-19-26-28(21-13-5-2-6-14-21)29-22-15-7-9-17-24(22)30(26,31-27)25-18-10-8-16-23(25)29/h1-19,29H. The summed E-state index contributed by atoms with van der Waals surface area (Å²) in [5.41, 5.74) is 11.4. The number of thioether (sulfide) groups is 1. The molecule has 0 radical (unpaired) electrons. The van der Waals surface area contributed by atoms with Gasteiger partial charge in [0.05, 0.1) is 4.75 Å². The van der Waals surface area contributed by atoms with Gasteiger partial charge in [0, 0.05) is 10.8 Å². The Morgan fingerprint density at radius 2 is 1.06 bits per heavy atom. The molecule has 0 nitrogen and oxygen atoms in total. The molecule has 4 aromatic carbocycles. The second-order valence-electron chi connectivity index (χ2n) is 8.46. The summed E-state index contributed by atoms with van der Waals surface area (Å²) in [5.74, 6) is 0.277. The van der Waals surface area contributed by atoms with E-state index in [1.165, 1.54) is 49.4 Å². The Kier molecular flexibility index (Phi) is 3.57. The summed E-state index contributed by atoms with van der Waals surface area (Å²) in [4.78, 5) is 1.36. The van der Waals surface area contributed by atoms with Crippen LogP contribution < -0.4 is 0 Å². The van der Waals surface area contributed by atoms with Crippen molar-refractivity contribution in [1.29, 1.82) is 0 Å². The summed E-state index contributed by atoms with van der Waals surface area (Å²) in [5, 5.41) is 0. The Morgan fingerprint density at radius 1 is 0.548 bits per heavy atom. The molecule has 0 saturated carbocycles. The van der Waals surface area contributed by atoms with Gasteiger partial charge in [-0.3, -0.25) is 0 Å². The fourth-order valence-electron chi connectivity index (χ4n) is 5.75. The van der Waals surface area contributed by atoms with Crippen molar-refractivity contribution < 1.29 is 0 Å². The molecule has 0 N–H and O–H groups in total. The first-order valence-corrected chi connectivity index (χ1v) is 11.6. The van der Waals surface area contributed by atoms with Crippen LogP contribution in [0, 0.1) is 0 Å². The molecule has 4 aliphatic rings. The second kappa shape index (κ2) is 6.35. The van der Waals surface area contributed by atoms with Gasteiger partial charge >= 0.3 is 0 Å². The van der Waals surface area contributed by atoms with Gasteiger partial charge in [-0.2, -0.15) is 0 Å². The number of rotatable bonds is 2.